The van der Waals surface area contributed by atoms with Crippen LogP contribution in [0.4, 0.5) is 0 Å². The van der Waals surface area contributed by atoms with E-state index in [0.717, 1.165) is 12.0 Å². The zero-order chi connectivity index (χ0) is 8.39. The van der Waals surface area contributed by atoms with Gasteiger partial charge >= 0.3 is 0 Å². The molecule has 0 radical (unpaired) electrons. The minimum Gasteiger partial charge on any atom is -0.315 e. The van der Waals surface area contributed by atoms with Gasteiger partial charge in [0.25, 0.3) is 0 Å². The van der Waals surface area contributed by atoms with Crippen LogP contribution in [0.3, 0.4) is 0 Å². The molecule has 0 spiro atoms. The maximum Gasteiger partial charge on any atom is 0.0245 e. The summed E-state index contributed by atoms with van der Waals surface area (Å²) in [5.41, 5.74) is 0. The molecule has 12 heavy (non-hydrogen) atoms. The van der Waals surface area contributed by atoms with Gasteiger partial charge in [0, 0.05) is 12.6 Å². The zero-order valence-corrected chi connectivity index (χ0v) is 8.05. The van der Waals surface area contributed by atoms with Gasteiger partial charge in [-0.2, -0.15) is 0 Å². The smallest absolute Gasteiger partial charge is 0.0245 e. The lowest BCUT2D eigenvalue weighted by Gasteiger charge is -2.38. The van der Waals surface area contributed by atoms with Crippen LogP contribution in [0, 0.1) is 5.92 Å². The Labute approximate surface area is 75.3 Å². The molecule has 2 fully saturated rings. The molecule has 2 heteroatoms. The van der Waals surface area contributed by atoms with E-state index in [9.17, 15) is 0 Å². The third-order valence-corrected chi connectivity index (χ3v) is 3.48. The van der Waals surface area contributed by atoms with Gasteiger partial charge in [0.2, 0.25) is 0 Å². The predicted octanol–water partition coefficient (Wildman–Crippen LogP) is 1.08. The number of nitrogens with zero attached hydrogens (tertiary/aromatic N) is 1. The molecule has 0 unspecified atom stereocenters. The van der Waals surface area contributed by atoms with Gasteiger partial charge in [0.15, 0.2) is 0 Å². The minimum absolute atomic E-state index is 0.834. The number of hydrogen-bond acceptors (Lipinski definition) is 2. The Kier molecular flexibility index (Phi) is 2.66. The maximum absolute atomic E-state index is 3.54. The van der Waals surface area contributed by atoms with Gasteiger partial charge in [-0.05, 0) is 51.7 Å². The highest BCUT2D eigenvalue weighted by Gasteiger charge is 2.29. The van der Waals surface area contributed by atoms with E-state index in [-0.39, 0.29) is 0 Å². The van der Waals surface area contributed by atoms with Gasteiger partial charge in [-0.3, -0.25) is 0 Å². The van der Waals surface area contributed by atoms with E-state index in [4.69, 9.17) is 0 Å². The van der Waals surface area contributed by atoms with Crippen molar-refractivity contribution in [2.45, 2.75) is 31.7 Å². The Bertz CT molecular complexity index is 147. The summed E-state index contributed by atoms with van der Waals surface area (Å²) >= 11 is 0. The van der Waals surface area contributed by atoms with Crippen molar-refractivity contribution in [3.63, 3.8) is 0 Å². The van der Waals surface area contributed by atoms with Gasteiger partial charge in [0.05, 0.1) is 0 Å². The topological polar surface area (TPSA) is 15.3 Å². The fraction of sp³-hybridized carbons (Fsp3) is 1.00. The molecule has 0 bridgehead atoms. The maximum atomic E-state index is 3.54. The van der Waals surface area contributed by atoms with E-state index in [1.165, 1.54) is 45.3 Å². The second-order valence-corrected chi connectivity index (χ2v) is 4.30. The summed E-state index contributed by atoms with van der Waals surface area (Å²) in [6, 6.07) is 0.834. The van der Waals surface area contributed by atoms with E-state index in [2.05, 4.69) is 17.3 Å². The highest BCUT2D eigenvalue weighted by molar-refractivity contribution is 4.86. The molecular formula is C10H20N2. The number of likely N-dealkylation sites (tertiary alicyclic amines) is 1. The van der Waals surface area contributed by atoms with E-state index >= 15 is 0 Å². The summed E-state index contributed by atoms with van der Waals surface area (Å²) in [6.45, 7) is 3.77. The van der Waals surface area contributed by atoms with Crippen LogP contribution >= 0.6 is 0 Å². The van der Waals surface area contributed by atoms with Gasteiger partial charge in [-0.1, -0.05) is 0 Å². The highest BCUT2D eigenvalue weighted by Crippen LogP contribution is 2.27. The Morgan fingerprint density at radius 2 is 2.08 bits per heavy atom. The summed E-state index contributed by atoms with van der Waals surface area (Å²) in [6.07, 6.45) is 5.71. The molecule has 2 rings (SSSR count). The molecule has 2 atom stereocenters. The van der Waals surface area contributed by atoms with Crippen LogP contribution in [-0.2, 0) is 0 Å². The van der Waals surface area contributed by atoms with Crippen LogP contribution in [0.25, 0.3) is 0 Å². The second kappa shape index (κ2) is 3.75. The van der Waals surface area contributed by atoms with Crippen molar-refractivity contribution in [1.82, 2.24) is 10.2 Å². The molecule has 1 N–H and O–H groups in total. The van der Waals surface area contributed by atoms with Crippen molar-refractivity contribution in [3.05, 3.63) is 0 Å². The van der Waals surface area contributed by atoms with Crippen molar-refractivity contribution in [3.8, 4) is 0 Å². The molecule has 0 aromatic rings. The van der Waals surface area contributed by atoms with Gasteiger partial charge < -0.3 is 10.2 Å². The van der Waals surface area contributed by atoms with Crippen molar-refractivity contribution in [1.29, 1.82) is 0 Å². The number of fused-ring (bicyclic) bond motifs is 1. The molecular weight excluding hydrogens is 148 g/mol. The molecule has 2 aliphatic heterocycles. The highest BCUT2D eigenvalue weighted by atomic mass is 15.2. The molecule has 2 saturated heterocycles. The lowest BCUT2D eigenvalue weighted by molar-refractivity contribution is 0.122. The van der Waals surface area contributed by atoms with Crippen molar-refractivity contribution >= 4 is 0 Å². The summed E-state index contributed by atoms with van der Waals surface area (Å²) in [4.78, 5) is 2.55. The average molecular weight is 168 g/mol. The van der Waals surface area contributed by atoms with Crippen LogP contribution in [0.1, 0.15) is 25.7 Å². The predicted molar refractivity (Wildman–Crippen MR) is 51.2 cm³/mol. The van der Waals surface area contributed by atoms with Crippen molar-refractivity contribution in [2.24, 2.45) is 5.92 Å². The quantitative estimate of drug-likeness (QED) is 0.582. The Morgan fingerprint density at radius 3 is 3.00 bits per heavy atom. The lowest BCUT2D eigenvalue weighted by Crippen LogP contribution is -2.46. The van der Waals surface area contributed by atoms with Crippen LogP contribution in [0.15, 0.2) is 0 Å². The normalized spacial score (nSPS) is 38.8. The minimum atomic E-state index is 0.834. The first kappa shape index (κ1) is 8.52. The number of likely N-dealkylation sites (N-methyl/N-ethyl adjacent to an activating group) is 1. The third-order valence-electron chi connectivity index (χ3n) is 3.48. The Balaban J connectivity index is 2.00. The van der Waals surface area contributed by atoms with Crippen LogP contribution in [-0.4, -0.2) is 37.6 Å². The van der Waals surface area contributed by atoms with Crippen molar-refractivity contribution in [2.75, 3.05) is 26.7 Å². The molecule has 0 aromatic heterocycles. The van der Waals surface area contributed by atoms with Crippen LogP contribution in [0.2, 0.25) is 0 Å². The summed E-state index contributed by atoms with van der Waals surface area (Å²) in [5.74, 6) is 0.985. The zero-order valence-electron chi connectivity index (χ0n) is 8.05. The first-order valence-corrected chi connectivity index (χ1v) is 5.29. The fourth-order valence-electron chi connectivity index (χ4n) is 2.72. The van der Waals surface area contributed by atoms with E-state index < -0.39 is 0 Å². The van der Waals surface area contributed by atoms with Gasteiger partial charge in [0.1, 0.15) is 0 Å². The van der Waals surface area contributed by atoms with Gasteiger partial charge in [-0.15, -0.1) is 0 Å². The van der Waals surface area contributed by atoms with Crippen LogP contribution < -0.4 is 5.32 Å². The van der Waals surface area contributed by atoms with E-state index in [1.807, 2.05) is 0 Å². The summed E-state index contributed by atoms with van der Waals surface area (Å²) < 4.78 is 0. The molecule has 2 aliphatic rings. The Hall–Kier alpha value is -0.0800. The number of piperidine rings is 1. The molecule has 2 heterocycles. The monoisotopic (exact) mass is 168 g/mol. The lowest BCUT2D eigenvalue weighted by atomic mass is 9.87. The first-order chi connectivity index (χ1) is 5.88. The number of rotatable bonds is 0. The SMILES string of the molecule is CN1CCC[C@@H]2CCCNC[C@H]21. The number of hydrogen-bond donors (Lipinski definition) is 1. The number of nitrogens with one attached hydrogen (secondary N) is 1. The molecule has 0 aromatic carbocycles. The molecule has 0 saturated carbocycles. The first-order valence-electron chi connectivity index (χ1n) is 5.29. The molecule has 70 valence electrons. The Morgan fingerprint density at radius 1 is 1.25 bits per heavy atom. The average Bonchev–Trinajstić information content (AvgIpc) is 2.30. The fourth-order valence-corrected chi connectivity index (χ4v) is 2.72. The standard InChI is InChI=1S/C10H20N2/c1-12-7-3-5-9-4-2-6-11-8-10(9)12/h9-11H,2-8H2,1H3/t9-,10+/m0/s1. The van der Waals surface area contributed by atoms with E-state index in [0.29, 0.717) is 0 Å². The third kappa shape index (κ3) is 1.64. The largest absolute Gasteiger partial charge is 0.315 e. The summed E-state index contributed by atoms with van der Waals surface area (Å²) in [5, 5.41) is 3.54. The van der Waals surface area contributed by atoms with E-state index in [1.54, 1.807) is 0 Å². The molecule has 0 aliphatic carbocycles. The second-order valence-electron chi connectivity index (χ2n) is 4.30. The molecule has 0 amide bonds. The summed E-state index contributed by atoms with van der Waals surface area (Å²) in [7, 11) is 2.28. The molecule has 2 nitrogen and oxygen atoms in total. The van der Waals surface area contributed by atoms with Crippen molar-refractivity contribution < 1.29 is 0 Å². The van der Waals surface area contributed by atoms with Gasteiger partial charge in [-0.25, -0.2) is 0 Å². The van der Waals surface area contributed by atoms with Crippen LogP contribution in [0.5, 0.6) is 0 Å².